The lowest BCUT2D eigenvalue weighted by atomic mass is 9.91. The smallest absolute Gasteiger partial charge is 0.322 e. The second-order valence-corrected chi connectivity index (χ2v) is 9.43. The number of anilines is 1. The Labute approximate surface area is 211 Å². The number of hydrogen-bond acceptors (Lipinski definition) is 3. The van der Waals surface area contributed by atoms with Gasteiger partial charge in [-0.25, -0.2) is 0 Å². The summed E-state index contributed by atoms with van der Waals surface area (Å²) in [6.07, 6.45) is -3.89. The fourth-order valence-electron chi connectivity index (χ4n) is 3.47. The molecule has 10 heteroatoms. The van der Waals surface area contributed by atoms with E-state index < -0.39 is 11.8 Å². The summed E-state index contributed by atoms with van der Waals surface area (Å²) in [4.78, 5) is 17.8. The lowest BCUT2D eigenvalue weighted by Crippen LogP contribution is -2.42. The number of halogens is 6. The largest absolute Gasteiger partial charge is 0.428 e. The van der Waals surface area contributed by atoms with Crippen LogP contribution in [-0.4, -0.2) is 12.1 Å². The second kappa shape index (κ2) is 9.26. The number of hydroxylamine groups is 1. The summed E-state index contributed by atoms with van der Waals surface area (Å²) < 4.78 is 43.5. The minimum atomic E-state index is -4.82. The van der Waals surface area contributed by atoms with E-state index in [1.54, 1.807) is 49.4 Å². The Hall–Kier alpha value is -2.52. The Kier molecular flexibility index (Phi) is 6.70. The lowest BCUT2D eigenvalue weighted by molar-refractivity contribution is -0.269. The van der Waals surface area contributed by atoms with Crippen molar-refractivity contribution in [2.24, 2.45) is 0 Å². The zero-order valence-corrected chi connectivity index (χ0v) is 20.5. The normalized spacial score (nSPS) is 17.8. The molecule has 0 bridgehead atoms. The first-order chi connectivity index (χ1) is 16.0. The number of nitrogens with one attached hydrogen (secondary N) is 2. The molecule has 0 radical (unpaired) electrons. The minimum absolute atomic E-state index is 0.0462. The predicted octanol–water partition coefficient (Wildman–Crippen LogP) is 7.65. The zero-order chi connectivity index (χ0) is 24.7. The van der Waals surface area contributed by atoms with Crippen molar-refractivity contribution in [3.63, 3.8) is 0 Å². The lowest BCUT2D eigenvalue weighted by Gasteiger charge is -2.28. The van der Waals surface area contributed by atoms with E-state index >= 15 is 0 Å². The molecule has 0 aromatic heterocycles. The Morgan fingerprint density at radius 2 is 1.68 bits per heavy atom. The molecule has 1 atom stereocenters. The molecule has 0 saturated heterocycles. The summed E-state index contributed by atoms with van der Waals surface area (Å²) in [5.74, 6) is -0.351. The van der Waals surface area contributed by atoms with Crippen molar-refractivity contribution in [3.05, 3.63) is 104 Å². The molecule has 1 heterocycles. The number of rotatable bonds is 4. The van der Waals surface area contributed by atoms with Crippen LogP contribution >= 0.6 is 39.1 Å². The standard InChI is InChI=1S/C24H16BrCl2F3N2O2/c1-13-2-3-15(8-20(13)31-22(33)14-4-6-17(25)7-5-14)21-12-23(34-32-21,24(28,29)30)16-9-18(26)11-19(27)10-16/h2-12,32H,1H3,(H,31,33). The summed E-state index contributed by atoms with van der Waals surface area (Å²) in [7, 11) is 0. The van der Waals surface area contributed by atoms with Crippen molar-refractivity contribution in [1.29, 1.82) is 0 Å². The van der Waals surface area contributed by atoms with Crippen LogP contribution in [0.5, 0.6) is 0 Å². The molecule has 3 aromatic carbocycles. The van der Waals surface area contributed by atoms with Crippen molar-refractivity contribution in [3.8, 4) is 0 Å². The van der Waals surface area contributed by atoms with Crippen LogP contribution in [0.2, 0.25) is 10.0 Å². The van der Waals surface area contributed by atoms with Gasteiger partial charge in [-0.15, -0.1) is 0 Å². The topological polar surface area (TPSA) is 50.4 Å². The molecule has 0 fully saturated rings. The molecule has 4 nitrogen and oxygen atoms in total. The molecule has 0 saturated carbocycles. The highest BCUT2D eigenvalue weighted by molar-refractivity contribution is 9.10. The molecule has 1 aliphatic rings. The number of aryl methyl sites for hydroxylation is 1. The van der Waals surface area contributed by atoms with Gasteiger partial charge in [0.25, 0.3) is 5.91 Å². The van der Waals surface area contributed by atoms with Crippen LogP contribution < -0.4 is 10.8 Å². The molecule has 176 valence electrons. The third-order valence-corrected chi connectivity index (χ3v) is 6.25. The van der Waals surface area contributed by atoms with E-state index in [0.29, 0.717) is 16.8 Å². The fourth-order valence-corrected chi connectivity index (χ4v) is 4.26. The molecule has 34 heavy (non-hydrogen) atoms. The third-order valence-electron chi connectivity index (χ3n) is 5.29. The van der Waals surface area contributed by atoms with Gasteiger partial charge in [-0.1, -0.05) is 51.3 Å². The van der Waals surface area contributed by atoms with E-state index in [1.807, 2.05) is 0 Å². The fraction of sp³-hybridized carbons (Fsp3) is 0.125. The van der Waals surface area contributed by atoms with Gasteiger partial charge < -0.3 is 5.32 Å². The van der Waals surface area contributed by atoms with Gasteiger partial charge in [0.1, 0.15) is 0 Å². The predicted molar refractivity (Wildman–Crippen MR) is 130 cm³/mol. The maximum absolute atomic E-state index is 14.2. The second-order valence-electron chi connectivity index (χ2n) is 7.64. The van der Waals surface area contributed by atoms with Gasteiger partial charge in [0, 0.05) is 36.9 Å². The van der Waals surface area contributed by atoms with Crippen molar-refractivity contribution in [1.82, 2.24) is 5.48 Å². The number of amides is 1. The first-order valence-electron chi connectivity index (χ1n) is 9.87. The molecular formula is C24H16BrCl2F3N2O2. The highest BCUT2D eigenvalue weighted by Gasteiger charge is 2.59. The van der Waals surface area contributed by atoms with Crippen LogP contribution in [0.15, 0.2) is 71.2 Å². The average Bonchev–Trinajstić information content (AvgIpc) is 3.22. The van der Waals surface area contributed by atoms with Gasteiger partial charge in [-0.2, -0.15) is 13.2 Å². The van der Waals surface area contributed by atoms with Crippen molar-refractivity contribution >= 4 is 56.4 Å². The Morgan fingerprint density at radius 1 is 1.03 bits per heavy atom. The summed E-state index contributed by atoms with van der Waals surface area (Å²) in [6.45, 7) is 1.78. The summed E-state index contributed by atoms with van der Waals surface area (Å²) in [6, 6.07) is 15.3. The monoisotopic (exact) mass is 570 g/mol. The summed E-state index contributed by atoms with van der Waals surface area (Å²) in [5.41, 5.74) is 1.39. The van der Waals surface area contributed by atoms with Crippen molar-refractivity contribution in [2.45, 2.75) is 18.7 Å². The number of alkyl halides is 3. The molecule has 3 aromatic rings. The van der Waals surface area contributed by atoms with Gasteiger partial charge in [-0.3, -0.25) is 15.1 Å². The number of carbonyl (C=O) groups is 1. The molecule has 1 amide bonds. The number of hydrogen-bond donors (Lipinski definition) is 2. The van der Waals surface area contributed by atoms with Gasteiger partial charge in [-0.05, 0) is 67.1 Å². The van der Waals surface area contributed by atoms with Gasteiger partial charge in [0.05, 0.1) is 5.70 Å². The SMILES string of the molecule is Cc1ccc(C2=CC(c3cc(Cl)cc(Cl)c3)(C(F)(F)F)ON2)cc1NC(=O)c1ccc(Br)cc1. The minimum Gasteiger partial charge on any atom is -0.322 e. The molecule has 1 unspecified atom stereocenters. The van der Waals surface area contributed by atoms with Crippen LogP contribution in [0.3, 0.4) is 0 Å². The maximum atomic E-state index is 14.2. The number of carbonyl (C=O) groups excluding carboxylic acids is 1. The maximum Gasteiger partial charge on any atom is 0.428 e. The van der Waals surface area contributed by atoms with E-state index in [0.717, 1.165) is 28.2 Å². The third kappa shape index (κ3) is 4.81. The van der Waals surface area contributed by atoms with Crippen LogP contribution in [0.1, 0.15) is 27.0 Å². The van der Waals surface area contributed by atoms with E-state index in [9.17, 15) is 18.0 Å². The van der Waals surface area contributed by atoms with Crippen molar-refractivity contribution in [2.75, 3.05) is 5.32 Å². The molecule has 2 N–H and O–H groups in total. The highest BCUT2D eigenvalue weighted by Crippen LogP contribution is 2.48. The first-order valence-corrected chi connectivity index (χ1v) is 11.4. The average molecular weight is 572 g/mol. The molecule has 0 aliphatic carbocycles. The van der Waals surface area contributed by atoms with Crippen molar-refractivity contribution < 1.29 is 22.8 Å². The number of benzene rings is 3. The summed E-state index contributed by atoms with van der Waals surface area (Å²) >= 11 is 15.2. The summed E-state index contributed by atoms with van der Waals surface area (Å²) in [5, 5.41) is 2.89. The van der Waals surface area contributed by atoms with E-state index in [-0.39, 0.29) is 27.2 Å². The van der Waals surface area contributed by atoms with Gasteiger partial charge in [0.15, 0.2) is 0 Å². The van der Waals surface area contributed by atoms with E-state index in [2.05, 4.69) is 26.7 Å². The van der Waals surface area contributed by atoms with Crippen LogP contribution in [0, 0.1) is 6.92 Å². The van der Waals surface area contributed by atoms with Crippen LogP contribution in [0.4, 0.5) is 18.9 Å². The molecular weight excluding hydrogens is 556 g/mol. The molecule has 0 spiro atoms. The van der Waals surface area contributed by atoms with E-state index in [4.69, 9.17) is 28.0 Å². The Bertz CT molecular complexity index is 1280. The zero-order valence-electron chi connectivity index (χ0n) is 17.4. The Morgan fingerprint density at radius 3 is 2.29 bits per heavy atom. The highest BCUT2D eigenvalue weighted by atomic mass is 79.9. The molecule has 1 aliphatic heterocycles. The van der Waals surface area contributed by atoms with E-state index in [1.165, 1.54) is 6.07 Å². The van der Waals surface area contributed by atoms with Gasteiger partial charge >= 0.3 is 6.18 Å². The Balaban J connectivity index is 1.70. The van der Waals surface area contributed by atoms with Crippen LogP contribution in [-0.2, 0) is 10.4 Å². The quantitative estimate of drug-likeness (QED) is 0.338. The van der Waals surface area contributed by atoms with Gasteiger partial charge in [0.2, 0.25) is 5.60 Å². The van der Waals surface area contributed by atoms with Crippen LogP contribution in [0.25, 0.3) is 5.70 Å². The first kappa shape index (κ1) is 24.6. The molecule has 4 rings (SSSR count).